The lowest BCUT2D eigenvalue weighted by Crippen LogP contribution is -2.36. The number of hydrogen-bond donors (Lipinski definition) is 2. The van der Waals surface area contributed by atoms with Gasteiger partial charge in [-0.2, -0.15) is 0 Å². The third-order valence-corrected chi connectivity index (χ3v) is 3.90. The maximum absolute atomic E-state index is 12.8. The summed E-state index contributed by atoms with van der Waals surface area (Å²) < 4.78 is 18.4. The van der Waals surface area contributed by atoms with Gasteiger partial charge in [0, 0.05) is 12.5 Å². The number of hydrogen-bond acceptors (Lipinski definition) is 3. The minimum absolute atomic E-state index is 0. The summed E-state index contributed by atoms with van der Waals surface area (Å²) in [5.74, 6) is 0.623. The predicted octanol–water partition coefficient (Wildman–Crippen LogP) is 2.65. The van der Waals surface area contributed by atoms with Gasteiger partial charge in [-0.1, -0.05) is 6.42 Å². The van der Waals surface area contributed by atoms with Crippen molar-refractivity contribution < 1.29 is 13.9 Å². The molecule has 1 aromatic carbocycles. The second-order valence-corrected chi connectivity index (χ2v) is 5.75. The highest BCUT2D eigenvalue weighted by atomic mass is 35.5. The molecule has 0 spiro atoms. The van der Waals surface area contributed by atoms with E-state index >= 15 is 0 Å². The van der Waals surface area contributed by atoms with Gasteiger partial charge in [-0.3, -0.25) is 4.79 Å². The van der Waals surface area contributed by atoms with Gasteiger partial charge in [0.2, 0.25) is 5.91 Å². The van der Waals surface area contributed by atoms with Gasteiger partial charge in [-0.05, 0) is 49.9 Å². The van der Waals surface area contributed by atoms with E-state index in [-0.39, 0.29) is 36.3 Å². The van der Waals surface area contributed by atoms with Crippen molar-refractivity contribution in [2.45, 2.75) is 44.8 Å². The first-order valence-electron chi connectivity index (χ1n) is 7.49. The van der Waals surface area contributed by atoms with Crippen LogP contribution in [0.2, 0.25) is 0 Å². The Morgan fingerprint density at radius 1 is 1.41 bits per heavy atom. The van der Waals surface area contributed by atoms with Gasteiger partial charge in [0.1, 0.15) is 17.7 Å². The second-order valence-electron chi connectivity index (χ2n) is 5.75. The molecule has 0 aromatic heterocycles. The molecule has 1 aliphatic rings. The molecular formula is C16H24ClFN2O2. The van der Waals surface area contributed by atoms with Crippen LogP contribution in [-0.4, -0.2) is 24.6 Å². The molecule has 1 amide bonds. The summed E-state index contributed by atoms with van der Waals surface area (Å²) in [5, 5.41) is 2.87. The zero-order valence-electron chi connectivity index (χ0n) is 12.8. The summed E-state index contributed by atoms with van der Waals surface area (Å²) in [4.78, 5) is 11.9. The Morgan fingerprint density at radius 2 is 2.09 bits per heavy atom. The van der Waals surface area contributed by atoms with Crippen LogP contribution in [0.3, 0.4) is 0 Å². The van der Waals surface area contributed by atoms with Crippen LogP contribution in [0, 0.1) is 11.7 Å². The molecule has 4 nitrogen and oxygen atoms in total. The van der Waals surface area contributed by atoms with Gasteiger partial charge in [-0.15, -0.1) is 12.4 Å². The van der Waals surface area contributed by atoms with E-state index < -0.39 is 0 Å². The number of amides is 1. The Balaban J connectivity index is 0.00000242. The number of carbonyl (C=O) groups excluding carboxylic acids is 1. The first-order chi connectivity index (χ1) is 10.0. The molecule has 1 unspecified atom stereocenters. The minimum Gasteiger partial charge on any atom is -0.489 e. The van der Waals surface area contributed by atoms with Gasteiger partial charge < -0.3 is 15.8 Å². The SMILES string of the molecule is CC(CNC(=O)C[C@@H]1CCC[C@H]1N)Oc1ccc(F)cc1.Cl. The summed E-state index contributed by atoms with van der Waals surface area (Å²) in [6, 6.07) is 6.00. The molecule has 0 radical (unpaired) electrons. The zero-order chi connectivity index (χ0) is 15.2. The minimum atomic E-state index is -0.295. The zero-order valence-corrected chi connectivity index (χ0v) is 13.6. The smallest absolute Gasteiger partial charge is 0.220 e. The van der Waals surface area contributed by atoms with E-state index in [4.69, 9.17) is 10.5 Å². The molecule has 0 bridgehead atoms. The lowest BCUT2D eigenvalue weighted by Gasteiger charge is -2.18. The number of carbonyl (C=O) groups is 1. The lowest BCUT2D eigenvalue weighted by molar-refractivity contribution is -0.122. The van der Waals surface area contributed by atoms with Crippen molar-refractivity contribution in [2.24, 2.45) is 11.7 Å². The fourth-order valence-electron chi connectivity index (χ4n) is 2.67. The Labute approximate surface area is 137 Å². The molecule has 1 saturated carbocycles. The standard InChI is InChI=1S/C16H23FN2O2.ClH/c1-11(21-14-7-5-13(17)6-8-14)10-19-16(20)9-12-3-2-4-15(12)18;/h5-8,11-12,15H,2-4,9-10,18H2,1H3,(H,19,20);1H/t11?,12-,15+;/m0./s1. The van der Waals surface area contributed by atoms with Crippen LogP contribution in [0.5, 0.6) is 5.75 Å². The van der Waals surface area contributed by atoms with Crippen molar-refractivity contribution in [1.82, 2.24) is 5.32 Å². The molecule has 6 heteroatoms. The van der Waals surface area contributed by atoms with Gasteiger partial charge >= 0.3 is 0 Å². The fourth-order valence-corrected chi connectivity index (χ4v) is 2.67. The van der Waals surface area contributed by atoms with Crippen LogP contribution in [0.4, 0.5) is 4.39 Å². The molecule has 1 fully saturated rings. The average molecular weight is 331 g/mol. The monoisotopic (exact) mass is 330 g/mol. The molecule has 3 N–H and O–H groups in total. The van der Waals surface area contributed by atoms with Crippen molar-refractivity contribution in [3.8, 4) is 5.75 Å². The van der Waals surface area contributed by atoms with Crippen LogP contribution in [0.15, 0.2) is 24.3 Å². The normalized spacial score (nSPS) is 21.8. The number of rotatable bonds is 6. The van der Waals surface area contributed by atoms with Crippen molar-refractivity contribution >= 4 is 18.3 Å². The highest BCUT2D eigenvalue weighted by Gasteiger charge is 2.26. The Hall–Kier alpha value is -1.33. The fraction of sp³-hybridized carbons (Fsp3) is 0.562. The summed E-state index contributed by atoms with van der Waals surface area (Å²) in [6.45, 7) is 2.29. The Kier molecular flexibility index (Phi) is 7.62. The molecule has 3 atom stereocenters. The Bertz CT molecular complexity index is 470. The van der Waals surface area contributed by atoms with E-state index in [1.807, 2.05) is 6.92 Å². The summed E-state index contributed by atoms with van der Waals surface area (Å²) in [6.07, 6.45) is 3.49. The van der Waals surface area contributed by atoms with Crippen LogP contribution >= 0.6 is 12.4 Å². The molecule has 0 aliphatic heterocycles. The van der Waals surface area contributed by atoms with Gasteiger partial charge in [-0.25, -0.2) is 4.39 Å². The van der Waals surface area contributed by atoms with E-state index in [9.17, 15) is 9.18 Å². The number of ether oxygens (including phenoxy) is 1. The summed E-state index contributed by atoms with van der Waals surface area (Å²) in [5.41, 5.74) is 5.96. The van der Waals surface area contributed by atoms with Crippen LogP contribution in [0.25, 0.3) is 0 Å². The molecule has 0 saturated heterocycles. The third-order valence-electron chi connectivity index (χ3n) is 3.90. The molecular weight excluding hydrogens is 307 g/mol. The van der Waals surface area contributed by atoms with E-state index in [1.165, 1.54) is 12.1 Å². The summed E-state index contributed by atoms with van der Waals surface area (Å²) >= 11 is 0. The Morgan fingerprint density at radius 3 is 2.68 bits per heavy atom. The molecule has 0 heterocycles. The highest BCUT2D eigenvalue weighted by molar-refractivity contribution is 5.85. The third kappa shape index (κ3) is 5.81. The van der Waals surface area contributed by atoms with Crippen molar-refractivity contribution in [2.75, 3.05) is 6.54 Å². The molecule has 1 aliphatic carbocycles. The van der Waals surface area contributed by atoms with E-state index in [0.29, 0.717) is 24.6 Å². The summed E-state index contributed by atoms with van der Waals surface area (Å²) in [7, 11) is 0. The van der Waals surface area contributed by atoms with Crippen LogP contribution in [0.1, 0.15) is 32.6 Å². The van der Waals surface area contributed by atoms with E-state index in [0.717, 1.165) is 19.3 Å². The molecule has 22 heavy (non-hydrogen) atoms. The van der Waals surface area contributed by atoms with E-state index in [1.54, 1.807) is 12.1 Å². The molecule has 2 rings (SSSR count). The lowest BCUT2D eigenvalue weighted by atomic mass is 10.00. The van der Waals surface area contributed by atoms with Gasteiger partial charge in [0.05, 0.1) is 6.54 Å². The maximum Gasteiger partial charge on any atom is 0.220 e. The average Bonchev–Trinajstić information content (AvgIpc) is 2.85. The first kappa shape index (κ1) is 18.7. The van der Waals surface area contributed by atoms with Gasteiger partial charge in [0.15, 0.2) is 0 Å². The topological polar surface area (TPSA) is 64.4 Å². The highest BCUT2D eigenvalue weighted by Crippen LogP contribution is 2.26. The van der Waals surface area contributed by atoms with Crippen LogP contribution < -0.4 is 15.8 Å². The van der Waals surface area contributed by atoms with Crippen molar-refractivity contribution in [3.05, 3.63) is 30.1 Å². The maximum atomic E-state index is 12.8. The number of nitrogens with one attached hydrogen (secondary N) is 1. The second kappa shape index (κ2) is 8.96. The number of nitrogens with two attached hydrogens (primary N) is 1. The van der Waals surface area contributed by atoms with Crippen molar-refractivity contribution in [1.29, 1.82) is 0 Å². The first-order valence-corrected chi connectivity index (χ1v) is 7.49. The predicted molar refractivity (Wildman–Crippen MR) is 86.7 cm³/mol. The molecule has 124 valence electrons. The molecule has 1 aromatic rings. The largest absolute Gasteiger partial charge is 0.489 e. The van der Waals surface area contributed by atoms with E-state index in [2.05, 4.69) is 5.32 Å². The van der Waals surface area contributed by atoms with Crippen LogP contribution in [-0.2, 0) is 4.79 Å². The number of benzene rings is 1. The quantitative estimate of drug-likeness (QED) is 0.842. The van der Waals surface area contributed by atoms with Crippen molar-refractivity contribution in [3.63, 3.8) is 0 Å². The number of halogens is 2. The van der Waals surface area contributed by atoms with Gasteiger partial charge in [0.25, 0.3) is 0 Å².